The van der Waals surface area contributed by atoms with Gasteiger partial charge in [0.2, 0.25) is 5.88 Å². The summed E-state index contributed by atoms with van der Waals surface area (Å²) >= 11 is 0. The Morgan fingerprint density at radius 3 is 1.90 bits per heavy atom. The van der Waals surface area contributed by atoms with Crippen LogP contribution in [-0.2, 0) is 14.1 Å². The highest BCUT2D eigenvalue weighted by Crippen LogP contribution is 2.08. The van der Waals surface area contributed by atoms with E-state index in [0.29, 0.717) is 5.56 Å². The third kappa shape index (κ3) is 0.650. The van der Waals surface area contributed by atoms with Crippen LogP contribution in [0.15, 0.2) is 4.79 Å². The van der Waals surface area contributed by atoms with E-state index < -0.39 is 0 Å². The highest BCUT2D eigenvalue weighted by atomic mass is 16.3. The summed E-state index contributed by atoms with van der Waals surface area (Å²) in [6.45, 7) is 1.59. The van der Waals surface area contributed by atoms with Crippen molar-refractivity contribution >= 4 is 0 Å². The van der Waals surface area contributed by atoms with Crippen molar-refractivity contribution in [1.82, 2.24) is 9.36 Å². The van der Waals surface area contributed by atoms with Gasteiger partial charge in [0.05, 0.1) is 5.56 Å². The number of hydrogen-bond donors (Lipinski definition) is 1. The average Bonchev–Trinajstić information content (AvgIpc) is 2.07. The molecule has 1 aromatic rings. The molecule has 0 fully saturated rings. The van der Waals surface area contributed by atoms with Crippen molar-refractivity contribution in [3.05, 3.63) is 15.9 Å². The zero-order valence-corrected chi connectivity index (χ0v) is 6.25. The van der Waals surface area contributed by atoms with Crippen molar-refractivity contribution in [2.45, 2.75) is 6.92 Å². The maximum absolute atomic E-state index is 11.0. The summed E-state index contributed by atoms with van der Waals surface area (Å²) < 4.78 is 2.75. The quantitative estimate of drug-likeness (QED) is 0.542. The Morgan fingerprint density at radius 2 is 1.80 bits per heavy atom. The Bertz CT molecular complexity index is 280. The molecule has 1 heterocycles. The van der Waals surface area contributed by atoms with Gasteiger partial charge in [0, 0.05) is 14.1 Å². The summed E-state index contributed by atoms with van der Waals surface area (Å²) in [6.07, 6.45) is 0. The molecule has 0 amide bonds. The third-order valence-electron chi connectivity index (χ3n) is 1.71. The zero-order valence-electron chi connectivity index (χ0n) is 6.25. The van der Waals surface area contributed by atoms with Gasteiger partial charge in [0.1, 0.15) is 0 Å². The summed E-state index contributed by atoms with van der Waals surface area (Å²) in [7, 11) is 3.23. The molecule has 0 aliphatic rings. The Morgan fingerprint density at radius 1 is 1.30 bits per heavy atom. The van der Waals surface area contributed by atoms with Crippen molar-refractivity contribution < 1.29 is 5.11 Å². The molecule has 4 nitrogen and oxygen atoms in total. The van der Waals surface area contributed by atoms with E-state index in [2.05, 4.69) is 0 Å². The van der Waals surface area contributed by atoms with Crippen LogP contribution >= 0.6 is 0 Å². The maximum atomic E-state index is 11.0. The summed E-state index contributed by atoms with van der Waals surface area (Å²) in [4.78, 5) is 11.0. The van der Waals surface area contributed by atoms with Crippen LogP contribution in [0.25, 0.3) is 0 Å². The van der Waals surface area contributed by atoms with Crippen LogP contribution < -0.4 is 5.56 Å². The SMILES string of the molecule is Cc1c(O)n(C)n(C)c1=O. The number of aromatic nitrogens is 2. The first-order valence-corrected chi connectivity index (χ1v) is 2.97. The van der Waals surface area contributed by atoms with Gasteiger partial charge in [0.15, 0.2) is 0 Å². The maximum Gasteiger partial charge on any atom is 0.273 e. The van der Waals surface area contributed by atoms with Gasteiger partial charge in [-0.1, -0.05) is 0 Å². The second-order valence-electron chi connectivity index (χ2n) is 2.30. The van der Waals surface area contributed by atoms with Gasteiger partial charge in [-0.2, -0.15) is 0 Å². The fraction of sp³-hybridized carbons (Fsp3) is 0.500. The number of hydrogen-bond acceptors (Lipinski definition) is 2. The predicted molar refractivity (Wildman–Crippen MR) is 37.1 cm³/mol. The van der Waals surface area contributed by atoms with E-state index in [-0.39, 0.29) is 11.4 Å². The van der Waals surface area contributed by atoms with Crippen LogP contribution in [0.1, 0.15) is 5.56 Å². The lowest BCUT2D eigenvalue weighted by atomic mass is 10.4. The average molecular weight is 142 g/mol. The fourth-order valence-electron chi connectivity index (χ4n) is 0.859. The second kappa shape index (κ2) is 1.90. The minimum absolute atomic E-state index is 0.0347. The molecule has 56 valence electrons. The summed E-state index contributed by atoms with van der Waals surface area (Å²) in [5.74, 6) is 0.0347. The van der Waals surface area contributed by atoms with Crippen molar-refractivity contribution in [3.8, 4) is 5.88 Å². The molecule has 0 unspecified atom stereocenters. The monoisotopic (exact) mass is 142 g/mol. The van der Waals surface area contributed by atoms with Crippen LogP contribution in [-0.4, -0.2) is 14.5 Å². The van der Waals surface area contributed by atoms with E-state index in [1.807, 2.05) is 0 Å². The highest BCUT2D eigenvalue weighted by molar-refractivity contribution is 5.20. The molecular weight excluding hydrogens is 132 g/mol. The molecule has 1 rings (SSSR count). The first-order valence-electron chi connectivity index (χ1n) is 2.97. The van der Waals surface area contributed by atoms with E-state index in [1.165, 1.54) is 9.36 Å². The molecular formula is C6H10N2O2. The molecule has 0 saturated carbocycles. The van der Waals surface area contributed by atoms with E-state index in [4.69, 9.17) is 5.11 Å². The highest BCUT2D eigenvalue weighted by Gasteiger charge is 2.08. The molecule has 4 heteroatoms. The van der Waals surface area contributed by atoms with E-state index >= 15 is 0 Å². The number of rotatable bonds is 0. The lowest BCUT2D eigenvalue weighted by Crippen LogP contribution is -2.17. The van der Waals surface area contributed by atoms with Gasteiger partial charge in [-0.25, -0.2) is 0 Å². The normalized spacial score (nSPS) is 10.3. The van der Waals surface area contributed by atoms with Crippen LogP contribution in [0.4, 0.5) is 0 Å². The summed E-state index contributed by atoms with van der Waals surface area (Å²) in [5, 5.41) is 9.15. The van der Waals surface area contributed by atoms with Gasteiger partial charge >= 0.3 is 0 Å². The fourth-order valence-corrected chi connectivity index (χ4v) is 0.859. The van der Waals surface area contributed by atoms with Crippen LogP contribution in [0.2, 0.25) is 0 Å². The Balaban J connectivity index is 3.60. The molecule has 0 spiro atoms. The van der Waals surface area contributed by atoms with Gasteiger partial charge in [-0.05, 0) is 6.92 Å². The van der Waals surface area contributed by atoms with Crippen LogP contribution in [0.5, 0.6) is 5.88 Å². The minimum Gasteiger partial charge on any atom is -0.493 e. The van der Waals surface area contributed by atoms with Crippen LogP contribution in [0, 0.1) is 6.92 Å². The largest absolute Gasteiger partial charge is 0.493 e. The molecule has 1 aromatic heterocycles. The Labute approximate surface area is 58.3 Å². The molecule has 0 aliphatic carbocycles. The number of nitrogens with zero attached hydrogens (tertiary/aromatic N) is 2. The van der Waals surface area contributed by atoms with Gasteiger partial charge in [-0.3, -0.25) is 14.2 Å². The Kier molecular flexibility index (Phi) is 1.31. The summed E-state index contributed by atoms with van der Waals surface area (Å²) in [5.41, 5.74) is 0.241. The van der Waals surface area contributed by atoms with E-state index in [9.17, 15) is 4.79 Å². The van der Waals surface area contributed by atoms with Crippen molar-refractivity contribution in [3.63, 3.8) is 0 Å². The van der Waals surface area contributed by atoms with Crippen LogP contribution in [0.3, 0.4) is 0 Å². The molecule has 0 aliphatic heterocycles. The predicted octanol–water partition coefficient (Wildman–Crippen LogP) is -0.262. The number of aromatic hydroxyl groups is 1. The molecule has 0 atom stereocenters. The van der Waals surface area contributed by atoms with Gasteiger partial charge < -0.3 is 5.11 Å². The lowest BCUT2D eigenvalue weighted by Gasteiger charge is -1.97. The standard InChI is InChI=1S/C6H10N2O2/c1-4-5(9)7(2)8(3)6(4)10/h9H,1-3H3. The van der Waals surface area contributed by atoms with Crippen molar-refractivity contribution in [2.75, 3.05) is 0 Å². The minimum atomic E-state index is -0.153. The second-order valence-corrected chi connectivity index (χ2v) is 2.30. The van der Waals surface area contributed by atoms with Gasteiger partial charge in [0.25, 0.3) is 5.56 Å². The Hall–Kier alpha value is -1.19. The third-order valence-corrected chi connectivity index (χ3v) is 1.71. The molecule has 10 heavy (non-hydrogen) atoms. The molecule has 1 N–H and O–H groups in total. The van der Waals surface area contributed by atoms with Gasteiger partial charge in [-0.15, -0.1) is 0 Å². The first kappa shape index (κ1) is 6.92. The zero-order chi connectivity index (χ0) is 7.89. The molecule has 0 saturated heterocycles. The summed E-state index contributed by atoms with van der Waals surface area (Å²) in [6, 6.07) is 0. The topological polar surface area (TPSA) is 47.2 Å². The van der Waals surface area contributed by atoms with Crippen molar-refractivity contribution in [2.24, 2.45) is 14.1 Å². The first-order chi connectivity index (χ1) is 4.55. The molecule has 0 aromatic carbocycles. The smallest absolute Gasteiger partial charge is 0.273 e. The van der Waals surface area contributed by atoms with Crippen molar-refractivity contribution in [1.29, 1.82) is 0 Å². The van der Waals surface area contributed by atoms with E-state index in [1.54, 1.807) is 21.0 Å². The lowest BCUT2D eigenvalue weighted by molar-refractivity contribution is 0.395. The molecule has 0 radical (unpaired) electrons. The van der Waals surface area contributed by atoms with E-state index in [0.717, 1.165) is 0 Å². The molecule has 0 bridgehead atoms.